The fraction of sp³-hybridized carbons (Fsp3) is 0.360. The molecule has 144 valence electrons. The zero-order valence-corrected chi connectivity index (χ0v) is 16.2. The summed E-state index contributed by atoms with van der Waals surface area (Å²) < 4.78 is 0. The number of aromatic nitrogens is 1. The lowest BCUT2D eigenvalue weighted by Crippen LogP contribution is -2.33. The third kappa shape index (κ3) is 3.35. The molecule has 0 saturated heterocycles. The molecular formula is C25H28N2O. The number of hydrogen-bond donors (Lipinski definition) is 3. The molecule has 2 atom stereocenters. The molecule has 3 N–H and O–H groups in total. The smallest absolute Gasteiger partial charge is 0.125 e. The first kappa shape index (κ1) is 17.6. The van der Waals surface area contributed by atoms with Gasteiger partial charge in [-0.25, -0.2) is 0 Å². The molecule has 3 nitrogen and oxygen atoms in total. The molecule has 0 spiro atoms. The van der Waals surface area contributed by atoms with Crippen molar-refractivity contribution in [2.45, 2.75) is 44.6 Å². The molecule has 1 aliphatic carbocycles. The lowest BCUT2D eigenvalue weighted by Gasteiger charge is -2.28. The number of benzene rings is 2. The Labute approximate surface area is 166 Å². The zero-order chi connectivity index (χ0) is 18.9. The minimum absolute atomic E-state index is 0.419. The van der Waals surface area contributed by atoms with Gasteiger partial charge in [-0.3, -0.25) is 0 Å². The molecule has 2 heterocycles. The van der Waals surface area contributed by atoms with E-state index in [1.165, 1.54) is 41.7 Å². The van der Waals surface area contributed by atoms with Gasteiger partial charge in [0.2, 0.25) is 0 Å². The highest BCUT2D eigenvalue weighted by Crippen LogP contribution is 2.38. The van der Waals surface area contributed by atoms with Crippen LogP contribution in [0, 0.1) is 5.92 Å². The van der Waals surface area contributed by atoms with Gasteiger partial charge >= 0.3 is 0 Å². The second-order valence-corrected chi connectivity index (χ2v) is 8.37. The number of H-pyrrole nitrogens is 1. The van der Waals surface area contributed by atoms with Gasteiger partial charge in [-0.05, 0) is 73.3 Å². The molecule has 1 aliphatic heterocycles. The third-order valence-electron chi connectivity index (χ3n) is 6.58. The minimum Gasteiger partial charge on any atom is -0.507 e. The topological polar surface area (TPSA) is 48.0 Å². The highest BCUT2D eigenvalue weighted by Gasteiger charge is 2.25. The van der Waals surface area contributed by atoms with Gasteiger partial charge in [-0.2, -0.15) is 0 Å². The summed E-state index contributed by atoms with van der Waals surface area (Å²) >= 11 is 0. The largest absolute Gasteiger partial charge is 0.507 e. The third-order valence-corrected chi connectivity index (χ3v) is 6.58. The lowest BCUT2D eigenvalue weighted by atomic mass is 9.82. The first-order valence-corrected chi connectivity index (χ1v) is 10.6. The Hall–Kier alpha value is -2.52. The Kier molecular flexibility index (Phi) is 4.69. The van der Waals surface area contributed by atoms with Crippen molar-refractivity contribution >= 4 is 16.5 Å². The zero-order valence-electron chi connectivity index (χ0n) is 16.2. The van der Waals surface area contributed by atoms with Crippen LogP contribution in [-0.2, 0) is 12.8 Å². The Morgan fingerprint density at radius 2 is 1.86 bits per heavy atom. The molecule has 3 aromatic rings. The Morgan fingerprint density at radius 3 is 2.75 bits per heavy atom. The molecule has 0 saturated carbocycles. The average Bonchev–Trinajstić information content (AvgIpc) is 3.12. The maximum absolute atomic E-state index is 10.3. The van der Waals surface area contributed by atoms with E-state index < -0.39 is 0 Å². The van der Waals surface area contributed by atoms with E-state index >= 15 is 0 Å². The van der Waals surface area contributed by atoms with Crippen molar-refractivity contribution in [1.82, 2.24) is 10.3 Å². The van der Waals surface area contributed by atoms with E-state index in [4.69, 9.17) is 0 Å². The molecule has 1 aromatic heterocycles. The standard InChI is InChI=1S/C25H28N2O/c28-24-8-4-7-23-25(24)21-15-17(10-12-22(21)27-23)9-11-20-16-19(13-14-26-20)18-5-2-1-3-6-18/h1-8,13,17,20,26-28H,9-12,14-16H2. The van der Waals surface area contributed by atoms with E-state index in [0.717, 1.165) is 36.7 Å². The SMILES string of the molecule is Oc1cccc2[nH]c3c(c12)CC(CCC1CC(c2ccccc2)=CCN1)CC3. The predicted molar refractivity (Wildman–Crippen MR) is 116 cm³/mol. The van der Waals surface area contributed by atoms with E-state index in [0.29, 0.717) is 17.7 Å². The van der Waals surface area contributed by atoms with Crippen LogP contribution in [0.3, 0.4) is 0 Å². The number of nitrogens with one attached hydrogen (secondary N) is 2. The van der Waals surface area contributed by atoms with E-state index in [2.05, 4.69) is 52.8 Å². The summed E-state index contributed by atoms with van der Waals surface area (Å²) in [4.78, 5) is 3.53. The molecule has 2 unspecified atom stereocenters. The van der Waals surface area contributed by atoms with Crippen LogP contribution in [0.25, 0.3) is 16.5 Å². The predicted octanol–water partition coefficient (Wildman–Crippen LogP) is 5.20. The van der Waals surface area contributed by atoms with Crippen LogP contribution in [0.15, 0.2) is 54.6 Å². The van der Waals surface area contributed by atoms with Gasteiger partial charge < -0.3 is 15.4 Å². The summed E-state index contributed by atoms with van der Waals surface area (Å²) in [5.41, 5.74) is 6.61. The molecule has 0 bridgehead atoms. The second kappa shape index (κ2) is 7.48. The highest BCUT2D eigenvalue weighted by atomic mass is 16.3. The Morgan fingerprint density at radius 1 is 0.964 bits per heavy atom. The summed E-state index contributed by atoms with van der Waals surface area (Å²) in [6, 6.07) is 17.2. The van der Waals surface area contributed by atoms with Crippen molar-refractivity contribution in [3.05, 3.63) is 71.4 Å². The molecule has 2 aromatic carbocycles. The fourth-order valence-electron chi connectivity index (χ4n) is 5.07. The number of rotatable bonds is 4. The van der Waals surface area contributed by atoms with Crippen LogP contribution in [0.1, 0.15) is 42.5 Å². The fourth-order valence-corrected chi connectivity index (χ4v) is 5.07. The highest BCUT2D eigenvalue weighted by molar-refractivity contribution is 5.90. The molecule has 0 radical (unpaired) electrons. The molecule has 0 fully saturated rings. The van der Waals surface area contributed by atoms with Crippen molar-refractivity contribution in [3.63, 3.8) is 0 Å². The van der Waals surface area contributed by atoms with Crippen LogP contribution in [0.2, 0.25) is 0 Å². The lowest BCUT2D eigenvalue weighted by molar-refractivity contribution is 0.373. The molecule has 0 amide bonds. The Bertz CT molecular complexity index is 1000. The molecule has 2 aliphatic rings. The Balaban J connectivity index is 1.24. The number of phenols is 1. The minimum atomic E-state index is 0.419. The second-order valence-electron chi connectivity index (χ2n) is 8.37. The quantitative estimate of drug-likeness (QED) is 0.589. The molecule has 3 heteroatoms. The van der Waals surface area contributed by atoms with Crippen molar-refractivity contribution in [2.75, 3.05) is 6.54 Å². The van der Waals surface area contributed by atoms with Crippen LogP contribution in [-0.4, -0.2) is 22.7 Å². The van der Waals surface area contributed by atoms with Gasteiger partial charge in [0, 0.05) is 29.2 Å². The van der Waals surface area contributed by atoms with Gasteiger partial charge in [0.25, 0.3) is 0 Å². The van der Waals surface area contributed by atoms with Crippen molar-refractivity contribution in [1.29, 1.82) is 0 Å². The van der Waals surface area contributed by atoms with Gasteiger partial charge in [0.05, 0.1) is 0 Å². The summed E-state index contributed by atoms with van der Waals surface area (Å²) in [5.74, 6) is 1.13. The molecule has 28 heavy (non-hydrogen) atoms. The maximum Gasteiger partial charge on any atom is 0.125 e. The number of phenolic OH excluding ortho intramolecular Hbond substituents is 1. The van der Waals surface area contributed by atoms with Crippen LogP contribution >= 0.6 is 0 Å². The summed E-state index contributed by atoms with van der Waals surface area (Å²) in [6.07, 6.45) is 9.36. The van der Waals surface area contributed by atoms with Crippen LogP contribution < -0.4 is 5.32 Å². The first-order valence-electron chi connectivity index (χ1n) is 10.6. The average molecular weight is 373 g/mol. The van der Waals surface area contributed by atoms with Gasteiger partial charge in [-0.1, -0.05) is 42.5 Å². The number of fused-ring (bicyclic) bond motifs is 3. The van der Waals surface area contributed by atoms with E-state index in [1.807, 2.05) is 12.1 Å². The normalized spacial score (nSPS) is 22.1. The maximum atomic E-state index is 10.3. The number of aromatic amines is 1. The number of aryl methyl sites for hydroxylation is 1. The van der Waals surface area contributed by atoms with Crippen LogP contribution in [0.4, 0.5) is 0 Å². The van der Waals surface area contributed by atoms with Crippen molar-refractivity contribution in [2.24, 2.45) is 5.92 Å². The summed E-state index contributed by atoms with van der Waals surface area (Å²) in [7, 11) is 0. The van der Waals surface area contributed by atoms with Gasteiger partial charge in [0.15, 0.2) is 0 Å². The van der Waals surface area contributed by atoms with E-state index in [1.54, 1.807) is 0 Å². The summed E-state index contributed by atoms with van der Waals surface area (Å²) in [6.45, 7) is 0.972. The van der Waals surface area contributed by atoms with Crippen molar-refractivity contribution < 1.29 is 5.11 Å². The summed E-state index contributed by atoms with van der Waals surface area (Å²) in [5, 5.41) is 15.1. The van der Waals surface area contributed by atoms with Crippen molar-refractivity contribution in [3.8, 4) is 5.75 Å². The first-order chi connectivity index (χ1) is 13.8. The number of hydrogen-bond acceptors (Lipinski definition) is 2. The van der Waals surface area contributed by atoms with Gasteiger partial charge in [-0.15, -0.1) is 0 Å². The monoisotopic (exact) mass is 372 g/mol. The molecular weight excluding hydrogens is 344 g/mol. The van der Waals surface area contributed by atoms with E-state index in [-0.39, 0.29) is 0 Å². The number of aromatic hydroxyl groups is 1. The van der Waals surface area contributed by atoms with Gasteiger partial charge in [0.1, 0.15) is 5.75 Å². The van der Waals surface area contributed by atoms with Crippen LogP contribution in [0.5, 0.6) is 5.75 Å². The molecule has 5 rings (SSSR count). The van der Waals surface area contributed by atoms with E-state index in [9.17, 15) is 5.11 Å².